The Hall–Kier alpha value is -2.93. The van der Waals surface area contributed by atoms with E-state index in [9.17, 15) is 5.26 Å². The van der Waals surface area contributed by atoms with Crippen molar-refractivity contribution in [3.63, 3.8) is 0 Å². The molecule has 0 radical (unpaired) electrons. The van der Waals surface area contributed by atoms with Gasteiger partial charge in [0.1, 0.15) is 0 Å². The zero-order valence-electron chi connectivity index (χ0n) is 14.7. The van der Waals surface area contributed by atoms with Gasteiger partial charge in [-0.15, -0.1) is 0 Å². The van der Waals surface area contributed by atoms with E-state index in [0.717, 1.165) is 28.2 Å². The molecule has 0 saturated heterocycles. The molecule has 24 heavy (non-hydrogen) atoms. The molecule has 2 rings (SSSR count). The summed E-state index contributed by atoms with van der Waals surface area (Å²) in [5, 5.41) is 12.5. The molecular weight excluding hydrogens is 296 g/mol. The summed E-state index contributed by atoms with van der Waals surface area (Å²) in [5.41, 5.74) is 5.24. The summed E-state index contributed by atoms with van der Waals surface area (Å²) in [6.45, 7) is 0. The number of hydrogen-bond acceptors (Lipinski definition) is 4. The smallest absolute Gasteiger partial charge is 0.0670 e. The average molecular weight is 320 g/mol. The quantitative estimate of drug-likeness (QED) is 0.867. The Kier molecular flexibility index (Phi) is 5.86. The molecule has 124 valence electrons. The van der Waals surface area contributed by atoms with Gasteiger partial charge in [-0.1, -0.05) is 18.2 Å². The third kappa shape index (κ3) is 4.53. The molecule has 0 atom stereocenters. The summed E-state index contributed by atoms with van der Waals surface area (Å²) in [6, 6.07) is 18.6. The Morgan fingerprint density at radius 2 is 1.58 bits per heavy atom. The minimum Gasteiger partial charge on any atom is -0.378 e. The minimum absolute atomic E-state index is 0.351. The number of rotatable bonds is 6. The van der Waals surface area contributed by atoms with Crippen molar-refractivity contribution >= 4 is 22.6 Å². The van der Waals surface area contributed by atoms with Crippen LogP contribution in [0.15, 0.2) is 54.7 Å². The van der Waals surface area contributed by atoms with E-state index in [-0.39, 0.29) is 0 Å². The van der Waals surface area contributed by atoms with E-state index in [4.69, 9.17) is 0 Å². The molecule has 4 nitrogen and oxygen atoms in total. The molecular formula is C20H24N4. The second-order valence-corrected chi connectivity index (χ2v) is 6.04. The van der Waals surface area contributed by atoms with Gasteiger partial charge in [-0.3, -0.25) is 0 Å². The minimum atomic E-state index is 0.351. The fourth-order valence-corrected chi connectivity index (χ4v) is 2.32. The molecule has 0 spiro atoms. The largest absolute Gasteiger partial charge is 0.378 e. The summed E-state index contributed by atoms with van der Waals surface area (Å²) >= 11 is 0. The topological polar surface area (TPSA) is 42.3 Å². The Morgan fingerprint density at radius 1 is 1.00 bits per heavy atom. The summed E-state index contributed by atoms with van der Waals surface area (Å²) < 4.78 is 0. The van der Waals surface area contributed by atoms with Gasteiger partial charge < -0.3 is 15.1 Å². The highest BCUT2D eigenvalue weighted by atomic mass is 15.1. The van der Waals surface area contributed by atoms with Crippen molar-refractivity contribution in [2.24, 2.45) is 0 Å². The van der Waals surface area contributed by atoms with E-state index >= 15 is 0 Å². The van der Waals surface area contributed by atoms with Crippen LogP contribution in [0.2, 0.25) is 0 Å². The fraction of sp³-hybridized carbons (Fsp3) is 0.250. The maximum Gasteiger partial charge on any atom is 0.0670 e. The number of benzene rings is 2. The van der Waals surface area contributed by atoms with E-state index in [2.05, 4.69) is 39.4 Å². The van der Waals surface area contributed by atoms with E-state index in [1.165, 1.54) is 0 Å². The highest BCUT2D eigenvalue weighted by Crippen LogP contribution is 2.28. The number of nitriles is 1. The SMILES string of the molecule is CN(C)c1cc(C(=CNc2ccccc2)CC#N)cc(N(C)C)c1. The average Bonchev–Trinajstić information content (AvgIpc) is 2.59. The van der Waals surface area contributed by atoms with Gasteiger partial charge in [0, 0.05) is 51.5 Å². The summed E-state index contributed by atoms with van der Waals surface area (Å²) in [7, 11) is 8.09. The second-order valence-electron chi connectivity index (χ2n) is 6.04. The van der Waals surface area contributed by atoms with Crippen molar-refractivity contribution in [3.8, 4) is 6.07 Å². The van der Waals surface area contributed by atoms with Crippen LogP contribution in [0.4, 0.5) is 17.1 Å². The maximum absolute atomic E-state index is 9.21. The predicted octanol–water partition coefficient (Wildman–Crippen LogP) is 4.19. The first-order valence-corrected chi connectivity index (χ1v) is 7.89. The van der Waals surface area contributed by atoms with Gasteiger partial charge in [0.15, 0.2) is 0 Å². The molecule has 4 heteroatoms. The Balaban J connectivity index is 2.41. The summed E-state index contributed by atoms with van der Waals surface area (Å²) in [4.78, 5) is 4.15. The summed E-state index contributed by atoms with van der Waals surface area (Å²) in [6.07, 6.45) is 2.27. The van der Waals surface area contributed by atoms with Gasteiger partial charge in [0.05, 0.1) is 12.5 Å². The van der Waals surface area contributed by atoms with E-state index < -0.39 is 0 Å². The molecule has 2 aromatic rings. The van der Waals surface area contributed by atoms with Gasteiger partial charge in [0.25, 0.3) is 0 Å². The molecule has 0 saturated carbocycles. The second kappa shape index (κ2) is 8.07. The number of para-hydroxylation sites is 1. The number of nitrogens with one attached hydrogen (secondary N) is 1. The van der Waals surface area contributed by atoms with Crippen molar-refractivity contribution in [1.82, 2.24) is 0 Å². The monoisotopic (exact) mass is 320 g/mol. The molecule has 0 aliphatic rings. The van der Waals surface area contributed by atoms with Crippen molar-refractivity contribution in [1.29, 1.82) is 5.26 Å². The van der Waals surface area contributed by atoms with Gasteiger partial charge in [-0.25, -0.2) is 0 Å². The van der Waals surface area contributed by atoms with Crippen LogP contribution in [0.5, 0.6) is 0 Å². The zero-order chi connectivity index (χ0) is 17.5. The molecule has 0 aliphatic heterocycles. The van der Waals surface area contributed by atoms with Crippen molar-refractivity contribution < 1.29 is 0 Å². The van der Waals surface area contributed by atoms with Gasteiger partial charge in [0.2, 0.25) is 0 Å². The molecule has 0 aliphatic carbocycles. The lowest BCUT2D eigenvalue weighted by atomic mass is 10.0. The molecule has 0 bridgehead atoms. The van der Waals surface area contributed by atoms with Crippen LogP contribution in [0, 0.1) is 11.3 Å². The van der Waals surface area contributed by atoms with Crippen LogP contribution in [-0.2, 0) is 0 Å². The van der Waals surface area contributed by atoms with Crippen LogP contribution in [0.1, 0.15) is 12.0 Å². The molecule has 0 amide bonds. The highest BCUT2D eigenvalue weighted by molar-refractivity contribution is 5.76. The van der Waals surface area contributed by atoms with Crippen molar-refractivity contribution in [2.75, 3.05) is 43.3 Å². The van der Waals surface area contributed by atoms with Crippen LogP contribution < -0.4 is 15.1 Å². The van der Waals surface area contributed by atoms with Crippen LogP contribution >= 0.6 is 0 Å². The first-order chi connectivity index (χ1) is 11.5. The number of hydrogen-bond donors (Lipinski definition) is 1. The molecule has 2 aromatic carbocycles. The number of allylic oxidation sites excluding steroid dienone is 1. The number of nitrogens with zero attached hydrogens (tertiary/aromatic N) is 3. The van der Waals surface area contributed by atoms with Crippen LogP contribution in [0.25, 0.3) is 5.57 Å². The molecule has 0 aromatic heterocycles. The third-order valence-electron chi connectivity index (χ3n) is 3.76. The van der Waals surface area contributed by atoms with Crippen LogP contribution in [0.3, 0.4) is 0 Å². The predicted molar refractivity (Wildman–Crippen MR) is 103 cm³/mol. The summed E-state index contributed by atoms with van der Waals surface area (Å²) in [5.74, 6) is 0. The first-order valence-electron chi connectivity index (χ1n) is 7.89. The van der Waals surface area contributed by atoms with E-state index in [0.29, 0.717) is 6.42 Å². The Bertz CT molecular complexity index is 714. The zero-order valence-corrected chi connectivity index (χ0v) is 14.7. The van der Waals surface area contributed by atoms with Gasteiger partial charge in [-0.05, 0) is 41.5 Å². The first kappa shape index (κ1) is 17.4. The van der Waals surface area contributed by atoms with Crippen LogP contribution in [-0.4, -0.2) is 28.2 Å². The Morgan fingerprint density at radius 3 is 2.08 bits per heavy atom. The lowest BCUT2D eigenvalue weighted by molar-refractivity contribution is 1.10. The Labute approximate surface area is 144 Å². The molecule has 0 unspecified atom stereocenters. The highest BCUT2D eigenvalue weighted by Gasteiger charge is 2.08. The van der Waals surface area contributed by atoms with Crippen molar-refractivity contribution in [2.45, 2.75) is 6.42 Å². The molecule has 0 heterocycles. The van der Waals surface area contributed by atoms with Gasteiger partial charge >= 0.3 is 0 Å². The van der Waals surface area contributed by atoms with E-state index in [1.807, 2.05) is 64.7 Å². The standard InChI is InChI=1S/C20H24N4/c1-23(2)19-12-17(13-20(14-19)24(3)4)16(10-11-21)15-22-18-8-6-5-7-9-18/h5-9,12-15,22H,10H2,1-4H3. The van der Waals surface area contributed by atoms with E-state index in [1.54, 1.807) is 0 Å². The maximum atomic E-state index is 9.21. The lowest BCUT2D eigenvalue weighted by Crippen LogP contribution is -2.13. The third-order valence-corrected chi connectivity index (χ3v) is 3.76. The number of anilines is 3. The van der Waals surface area contributed by atoms with Crippen molar-refractivity contribution in [3.05, 3.63) is 60.3 Å². The van der Waals surface area contributed by atoms with Gasteiger partial charge in [-0.2, -0.15) is 5.26 Å². The molecule has 0 fully saturated rings. The normalized spacial score (nSPS) is 10.9. The fourth-order valence-electron chi connectivity index (χ4n) is 2.32. The molecule has 1 N–H and O–H groups in total. The lowest BCUT2D eigenvalue weighted by Gasteiger charge is -2.20.